The molecular weight excluding hydrogens is 377 g/mol. The van der Waals surface area contributed by atoms with Gasteiger partial charge in [0.25, 0.3) is 0 Å². The molecule has 1 saturated carbocycles. The summed E-state index contributed by atoms with van der Waals surface area (Å²) in [5, 5.41) is 6.98. The van der Waals surface area contributed by atoms with Crippen LogP contribution in [0.5, 0.6) is 5.88 Å². The normalized spacial score (nSPS) is 15.0. The van der Waals surface area contributed by atoms with Gasteiger partial charge >= 0.3 is 0 Å². The largest absolute Gasteiger partial charge is 0.481 e. The lowest BCUT2D eigenvalue weighted by atomic mass is 9.73. The Morgan fingerprint density at radius 2 is 1.80 bits per heavy atom. The number of hydrogen-bond donors (Lipinski definition) is 1. The molecule has 5 rings (SSSR count). The van der Waals surface area contributed by atoms with E-state index < -0.39 is 5.95 Å². The molecule has 2 heterocycles. The molecule has 1 aliphatic carbocycles. The number of rotatable bonds is 5. The van der Waals surface area contributed by atoms with Crippen molar-refractivity contribution in [1.82, 2.24) is 15.2 Å². The summed E-state index contributed by atoms with van der Waals surface area (Å²) in [6.07, 6.45) is 5.38. The monoisotopic (exact) mass is 399 g/mol. The van der Waals surface area contributed by atoms with Crippen molar-refractivity contribution in [2.75, 3.05) is 7.11 Å². The van der Waals surface area contributed by atoms with Crippen LogP contribution in [0, 0.1) is 11.9 Å². The molecular formula is C25H22FN3O. The van der Waals surface area contributed by atoms with E-state index in [-0.39, 0.29) is 0 Å². The first-order chi connectivity index (χ1) is 14.7. The quantitative estimate of drug-likeness (QED) is 0.457. The fraction of sp³-hybridized carbons (Fsp3) is 0.200. The minimum Gasteiger partial charge on any atom is -0.481 e. The Kier molecular flexibility index (Phi) is 4.79. The fourth-order valence-corrected chi connectivity index (χ4v) is 4.16. The van der Waals surface area contributed by atoms with Crippen LogP contribution in [0.1, 0.15) is 36.0 Å². The van der Waals surface area contributed by atoms with Gasteiger partial charge < -0.3 is 4.74 Å². The number of benzene rings is 2. The number of nitrogens with one attached hydrogen (secondary N) is 1. The Balaban J connectivity index is 1.78. The molecule has 150 valence electrons. The second-order valence-electron chi connectivity index (χ2n) is 7.64. The molecule has 1 aliphatic rings. The average molecular weight is 399 g/mol. The first-order valence-corrected chi connectivity index (χ1v) is 10.2. The molecule has 0 atom stereocenters. The van der Waals surface area contributed by atoms with E-state index in [1.54, 1.807) is 7.11 Å². The highest BCUT2D eigenvalue weighted by atomic mass is 19.1. The molecule has 4 aromatic rings. The molecule has 0 bridgehead atoms. The molecule has 5 heteroatoms. The number of nitrogens with zero attached hydrogens (tertiary/aromatic N) is 2. The zero-order valence-corrected chi connectivity index (χ0v) is 16.7. The molecule has 1 fully saturated rings. The van der Waals surface area contributed by atoms with Crippen LogP contribution in [0.25, 0.3) is 22.0 Å². The third-order valence-electron chi connectivity index (χ3n) is 5.90. The standard InChI is InChI=1S/C25H22FN3O/c1-30-22-13-11-19(15-27-22)24(17-8-5-9-17)23(16-6-3-2-4-7-16)18-10-12-21-20(14-18)25(26)29-28-21/h2-4,6-7,10-15,17H,5,8-9H2,1H3,(H,28,29)/b24-23+. The number of methoxy groups -OCH3 is 1. The van der Waals surface area contributed by atoms with Crippen LogP contribution in [0.15, 0.2) is 66.9 Å². The van der Waals surface area contributed by atoms with E-state index in [1.807, 2.05) is 48.7 Å². The Morgan fingerprint density at radius 3 is 2.47 bits per heavy atom. The smallest absolute Gasteiger partial charge is 0.216 e. The van der Waals surface area contributed by atoms with Gasteiger partial charge in [-0.15, -0.1) is 0 Å². The van der Waals surface area contributed by atoms with E-state index in [0.717, 1.165) is 35.1 Å². The number of aromatic nitrogens is 3. The minimum absolute atomic E-state index is 0.407. The summed E-state index contributed by atoms with van der Waals surface area (Å²) >= 11 is 0. The molecule has 0 aliphatic heterocycles. The Labute approximate surface area is 174 Å². The topological polar surface area (TPSA) is 50.8 Å². The van der Waals surface area contributed by atoms with Crippen LogP contribution >= 0.6 is 0 Å². The molecule has 2 aromatic carbocycles. The molecule has 0 amide bonds. The maximum atomic E-state index is 14.3. The van der Waals surface area contributed by atoms with Crippen LogP contribution in [0.4, 0.5) is 4.39 Å². The summed E-state index contributed by atoms with van der Waals surface area (Å²) in [4.78, 5) is 4.45. The molecule has 0 saturated heterocycles. The summed E-state index contributed by atoms with van der Waals surface area (Å²) < 4.78 is 19.5. The van der Waals surface area contributed by atoms with Crippen molar-refractivity contribution >= 4 is 22.0 Å². The van der Waals surface area contributed by atoms with Crippen molar-refractivity contribution in [3.8, 4) is 5.88 Å². The highest BCUT2D eigenvalue weighted by molar-refractivity contribution is 6.01. The van der Waals surface area contributed by atoms with Crippen molar-refractivity contribution < 1.29 is 9.13 Å². The van der Waals surface area contributed by atoms with Crippen molar-refractivity contribution in [3.05, 3.63) is 89.5 Å². The maximum absolute atomic E-state index is 14.3. The van der Waals surface area contributed by atoms with Gasteiger partial charge in [-0.1, -0.05) is 42.8 Å². The summed E-state index contributed by atoms with van der Waals surface area (Å²) in [5.74, 6) is 0.630. The van der Waals surface area contributed by atoms with Crippen LogP contribution in [0.2, 0.25) is 0 Å². The fourth-order valence-electron chi connectivity index (χ4n) is 4.16. The van der Waals surface area contributed by atoms with E-state index in [2.05, 4.69) is 33.4 Å². The highest BCUT2D eigenvalue weighted by Gasteiger charge is 2.27. The molecule has 0 spiro atoms. The molecule has 30 heavy (non-hydrogen) atoms. The minimum atomic E-state index is -0.407. The summed E-state index contributed by atoms with van der Waals surface area (Å²) in [6, 6.07) is 20.1. The van der Waals surface area contributed by atoms with Crippen molar-refractivity contribution in [1.29, 1.82) is 0 Å². The van der Waals surface area contributed by atoms with Gasteiger partial charge in [0.2, 0.25) is 11.8 Å². The average Bonchev–Trinajstić information content (AvgIpc) is 3.13. The molecule has 1 N–H and O–H groups in total. The third kappa shape index (κ3) is 3.26. The zero-order chi connectivity index (χ0) is 20.5. The molecule has 0 radical (unpaired) electrons. The lowest BCUT2D eigenvalue weighted by Crippen LogP contribution is -2.15. The van der Waals surface area contributed by atoms with Crippen LogP contribution in [-0.4, -0.2) is 22.3 Å². The number of allylic oxidation sites excluding steroid dienone is 1. The van der Waals surface area contributed by atoms with E-state index in [4.69, 9.17) is 4.74 Å². The Morgan fingerprint density at radius 1 is 1.00 bits per heavy atom. The third-order valence-corrected chi connectivity index (χ3v) is 5.90. The van der Waals surface area contributed by atoms with Gasteiger partial charge in [0.1, 0.15) is 0 Å². The second-order valence-corrected chi connectivity index (χ2v) is 7.64. The van der Waals surface area contributed by atoms with Gasteiger partial charge in [0.05, 0.1) is 18.0 Å². The number of fused-ring (bicyclic) bond motifs is 1. The first kappa shape index (κ1) is 18.6. The van der Waals surface area contributed by atoms with Gasteiger partial charge in [0, 0.05) is 12.3 Å². The van der Waals surface area contributed by atoms with Crippen molar-refractivity contribution in [2.24, 2.45) is 5.92 Å². The predicted octanol–water partition coefficient (Wildman–Crippen LogP) is 5.86. The predicted molar refractivity (Wildman–Crippen MR) is 117 cm³/mol. The number of aromatic amines is 1. The van der Waals surface area contributed by atoms with Crippen molar-refractivity contribution in [2.45, 2.75) is 19.3 Å². The number of H-pyrrole nitrogens is 1. The lowest BCUT2D eigenvalue weighted by Gasteiger charge is -2.31. The number of hydrogen-bond acceptors (Lipinski definition) is 3. The van der Waals surface area contributed by atoms with Crippen molar-refractivity contribution in [3.63, 3.8) is 0 Å². The number of pyridine rings is 1. The van der Waals surface area contributed by atoms with Gasteiger partial charge in [-0.3, -0.25) is 5.10 Å². The van der Waals surface area contributed by atoms with Crippen LogP contribution in [-0.2, 0) is 0 Å². The first-order valence-electron chi connectivity index (χ1n) is 10.2. The van der Waals surface area contributed by atoms with Crippen LogP contribution in [0.3, 0.4) is 0 Å². The second kappa shape index (κ2) is 7.75. The van der Waals surface area contributed by atoms with E-state index >= 15 is 0 Å². The molecule has 4 nitrogen and oxygen atoms in total. The maximum Gasteiger partial charge on any atom is 0.216 e. The van der Waals surface area contributed by atoms with Gasteiger partial charge in [0.15, 0.2) is 0 Å². The Hall–Kier alpha value is -3.47. The number of ether oxygens (including phenoxy) is 1. The van der Waals surface area contributed by atoms with E-state index in [0.29, 0.717) is 22.7 Å². The summed E-state index contributed by atoms with van der Waals surface area (Å²) in [6.45, 7) is 0. The van der Waals surface area contributed by atoms with E-state index in [1.165, 1.54) is 12.0 Å². The van der Waals surface area contributed by atoms with Gasteiger partial charge in [-0.05, 0) is 64.8 Å². The highest BCUT2D eigenvalue weighted by Crippen LogP contribution is 2.45. The molecule has 0 unspecified atom stereocenters. The zero-order valence-electron chi connectivity index (χ0n) is 16.7. The number of halogens is 1. The van der Waals surface area contributed by atoms with E-state index in [9.17, 15) is 4.39 Å². The Bertz CT molecular complexity index is 1210. The summed E-state index contributed by atoms with van der Waals surface area (Å²) in [7, 11) is 1.62. The van der Waals surface area contributed by atoms with Crippen LogP contribution < -0.4 is 4.74 Å². The van der Waals surface area contributed by atoms with Gasteiger partial charge in [-0.25, -0.2) is 4.98 Å². The van der Waals surface area contributed by atoms with Gasteiger partial charge in [-0.2, -0.15) is 9.49 Å². The molecule has 2 aromatic heterocycles. The SMILES string of the molecule is COc1ccc(/C(=C(\c2ccccc2)c2ccc3n[nH]c(F)c3c2)C2CCC2)cn1. The lowest BCUT2D eigenvalue weighted by molar-refractivity contribution is 0.395. The summed E-state index contributed by atoms with van der Waals surface area (Å²) in [5.41, 5.74) is 6.16.